The molecule has 2 rings (SSSR count). The van der Waals surface area contributed by atoms with E-state index >= 15 is 0 Å². The SMILES string of the molecule is Cc1cc(Oc2cccc(Cl)c2CCl)cc(C)c1Br. The van der Waals surface area contributed by atoms with Gasteiger partial charge in [0.1, 0.15) is 11.5 Å². The van der Waals surface area contributed by atoms with Crippen LogP contribution in [0, 0.1) is 13.8 Å². The van der Waals surface area contributed by atoms with Gasteiger partial charge in [0.2, 0.25) is 0 Å². The molecule has 0 N–H and O–H groups in total. The van der Waals surface area contributed by atoms with Gasteiger partial charge in [0.25, 0.3) is 0 Å². The fourth-order valence-corrected chi connectivity index (χ4v) is 2.66. The van der Waals surface area contributed by atoms with E-state index in [9.17, 15) is 0 Å². The van der Waals surface area contributed by atoms with Gasteiger partial charge in [-0.1, -0.05) is 33.6 Å². The molecule has 100 valence electrons. The van der Waals surface area contributed by atoms with Crippen LogP contribution in [0.25, 0.3) is 0 Å². The summed E-state index contributed by atoms with van der Waals surface area (Å²) in [6, 6.07) is 9.50. The van der Waals surface area contributed by atoms with Gasteiger partial charge in [-0.3, -0.25) is 0 Å². The number of hydrogen-bond acceptors (Lipinski definition) is 1. The fraction of sp³-hybridized carbons (Fsp3) is 0.200. The van der Waals surface area contributed by atoms with Crippen LogP contribution in [0.1, 0.15) is 16.7 Å². The highest BCUT2D eigenvalue weighted by Crippen LogP contribution is 2.34. The maximum absolute atomic E-state index is 6.11. The first-order chi connectivity index (χ1) is 9.02. The Bertz CT molecular complexity index is 588. The summed E-state index contributed by atoms with van der Waals surface area (Å²) in [5.74, 6) is 1.80. The van der Waals surface area contributed by atoms with Crippen molar-refractivity contribution in [2.75, 3.05) is 0 Å². The Hall–Kier alpha value is -0.700. The third-order valence-corrected chi connectivity index (χ3v) is 4.72. The molecule has 0 heterocycles. The molecule has 19 heavy (non-hydrogen) atoms. The average molecular weight is 360 g/mol. The van der Waals surface area contributed by atoms with E-state index in [2.05, 4.69) is 15.9 Å². The number of aryl methyl sites for hydroxylation is 2. The van der Waals surface area contributed by atoms with Crippen LogP contribution in [0.5, 0.6) is 11.5 Å². The van der Waals surface area contributed by atoms with Crippen LogP contribution < -0.4 is 4.74 Å². The molecule has 0 aliphatic heterocycles. The molecule has 0 saturated carbocycles. The van der Waals surface area contributed by atoms with Crippen LogP contribution in [0.2, 0.25) is 5.02 Å². The van der Waals surface area contributed by atoms with Gasteiger partial charge in [-0.05, 0) is 49.2 Å². The van der Waals surface area contributed by atoms with Crippen LogP contribution in [0.3, 0.4) is 0 Å². The number of hydrogen-bond donors (Lipinski definition) is 0. The second-order valence-corrected chi connectivity index (χ2v) is 5.79. The Morgan fingerprint density at radius 3 is 2.37 bits per heavy atom. The molecule has 4 heteroatoms. The lowest BCUT2D eigenvalue weighted by Gasteiger charge is -2.13. The molecule has 2 aromatic carbocycles. The predicted octanol–water partition coefficient (Wildman–Crippen LogP) is 6.25. The van der Waals surface area contributed by atoms with E-state index < -0.39 is 0 Å². The topological polar surface area (TPSA) is 9.23 Å². The molecular formula is C15H13BrCl2O. The monoisotopic (exact) mass is 358 g/mol. The van der Waals surface area contributed by atoms with Crippen molar-refractivity contribution in [3.05, 3.63) is 56.5 Å². The lowest BCUT2D eigenvalue weighted by atomic mass is 10.1. The Morgan fingerprint density at radius 2 is 1.79 bits per heavy atom. The number of halogens is 3. The molecule has 1 nitrogen and oxygen atoms in total. The molecular weight excluding hydrogens is 347 g/mol. The summed E-state index contributed by atoms with van der Waals surface area (Å²) < 4.78 is 7.01. The zero-order valence-electron chi connectivity index (χ0n) is 10.6. The van der Waals surface area contributed by atoms with E-state index in [1.807, 2.05) is 44.2 Å². The van der Waals surface area contributed by atoms with Crippen molar-refractivity contribution in [1.82, 2.24) is 0 Å². The average Bonchev–Trinajstić information content (AvgIpc) is 2.36. The maximum atomic E-state index is 6.11. The zero-order chi connectivity index (χ0) is 14.0. The van der Waals surface area contributed by atoms with E-state index in [1.165, 1.54) is 0 Å². The molecule has 0 atom stereocenters. The van der Waals surface area contributed by atoms with Crippen molar-refractivity contribution in [3.63, 3.8) is 0 Å². The van der Waals surface area contributed by atoms with Crippen molar-refractivity contribution in [2.45, 2.75) is 19.7 Å². The molecule has 0 saturated heterocycles. The number of ether oxygens (including phenoxy) is 1. The molecule has 0 aliphatic rings. The molecule has 0 aromatic heterocycles. The summed E-state index contributed by atoms with van der Waals surface area (Å²) in [7, 11) is 0. The first-order valence-corrected chi connectivity index (χ1v) is 7.51. The Balaban J connectivity index is 2.39. The lowest BCUT2D eigenvalue weighted by Crippen LogP contribution is -1.92. The van der Waals surface area contributed by atoms with Crippen LogP contribution in [-0.4, -0.2) is 0 Å². The normalized spacial score (nSPS) is 10.6. The molecule has 0 spiro atoms. The molecule has 0 amide bonds. The van der Waals surface area contributed by atoms with Gasteiger partial charge in [0.15, 0.2) is 0 Å². The van der Waals surface area contributed by atoms with E-state index in [4.69, 9.17) is 27.9 Å². The first-order valence-electron chi connectivity index (χ1n) is 5.81. The van der Waals surface area contributed by atoms with Crippen molar-refractivity contribution >= 4 is 39.1 Å². The largest absolute Gasteiger partial charge is 0.457 e. The standard InChI is InChI=1S/C15H13BrCl2O/c1-9-6-11(7-10(2)15(9)16)19-14-5-3-4-13(18)12(14)8-17/h3-7H,8H2,1-2H3. The minimum Gasteiger partial charge on any atom is -0.457 e. The Labute approximate surface area is 131 Å². The molecule has 0 fully saturated rings. The lowest BCUT2D eigenvalue weighted by molar-refractivity contribution is 0.477. The Kier molecular flexibility index (Phi) is 4.77. The Morgan fingerprint density at radius 1 is 1.16 bits per heavy atom. The minimum absolute atomic E-state index is 0.323. The second-order valence-electron chi connectivity index (χ2n) is 4.32. The van der Waals surface area contributed by atoms with Crippen molar-refractivity contribution in [3.8, 4) is 11.5 Å². The van der Waals surface area contributed by atoms with Crippen molar-refractivity contribution in [2.24, 2.45) is 0 Å². The molecule has 0 bridgehead atoms. The van der Waals surface area contributed by atoms with Crippen LogP contribution in [0.15, 0.2) is 34.8 Å². The van der Waals surface area contributed by atoms with E-state index in [-0.39, 0.29) is 0 Å². The minimum atomic E-state index is 0.323. The number of rotatable bonds is 3. The highest BCUT2D eigenvalue weighted by atomic mass is 79.9. The van der Waals surface area contributed by atoms with E-state index in [1.54, 1.807) is 0 Å². The van der Waals surface area contributed by atoms with Gasteiger partial charge < -0.3 is 4.74 Å². The van der Waals surface area contributed by atoms with Gasteiger partial charge in [-0.2, -0.15) is 0 Å². The van der Waals surface area contributed by atoms with E-state index in [0.29, 0.717) is 16.7 Å². The first kappa shape index (κ1) is 14.7. The zero-order valence-corrected chi connectivity index (χ0v) is 13.7. The number of alkyl halides is 1. The van der Waals surface area contributed by atoms with Crippen LogP contribution in [-0.2, 0) is 5.88 Å². The summed E-state index contributed by atoms with van der Waals surface area (Å²) in [6.07, 6.45) is 0. The maximum Gasteiger partial charge on any atom is 0.133 e. The molecule has 0 unspecified atom stereocenters. The smallest absolute Gasteiger partial charge is 0.133 e. The molecule has 0 aliphatic carbocycles. The highest BCUT2D eigenvalue weighted by molar-refractivity contribution is 9.10. The van der Waals surface area contributed by atoms with Gasteiger partial charge in [0, 0.05) is 15.1 Å². The van der Waals surface area contributed by atoms with Gasteiger partial charge in [-0.25, -0.2) is 0 Å². The second kappa shape index (κ2) is 6.17. The molecule has 2 aromatic rings. The predicted molar refractivity (Wildman–Crippen MR) is 84.7 cm³/mol. The quantitative estimate of drug-likeness (QED) is 0.588. The highest BCUT2D eigenvalue weighted by Gasteiger charge is 2.09. The third kappa shape index (κ3) is 3.25. The summed E-state index contributed by atoms with van der Waals surface area (Å²) in [6.45, 7) is 4.06. The number of benzene rings is 2. The van der Waals surface area contributed by atoms with E-state index in [0.717, 1.165) is 26.9 Å². The van der Waals surface area contributed by atoms with Gasteiger partial charge >= 0.3 is 0 Å². The van der Waals surface area contributed by atoms with Crippen molar-refractivity contribution < 1.29 is 4.74 Å². The summed E-state index contributed by atoms with van der Waals surface area (Å²) >= 11 is 15.6. The molecule has 0 radical (unpaired) electrons. The van der Waals surface area contributed by atoms with Gasteiger partial charge in [0.05, 0.1) is 5.88 Å². The van der Waals surface area contributed by atoms with Crippen LogP contribution >= 0.6 is 39.1 Å². The van der Waals surface area contributed by atoms with Crippen molar-refractivity contribution in [1.29, 1.82) is 0 Å². The summed E-state index contributed by atoms with van der Waals surface area (Å²) in [5.41, 5.74) is 3.07. The third-order valence-electron chi connectivity index (χ3n) is 2.85. The summed E-state index contributed by atoms with van der Waals surface area (Å²) in [5, 5.41) is 0.623. The summed E-state index contributed by atoms with van der Waals surface area (Å²) in [4.78, 5) is 0. The van der Waals surface area contributed by atoms with Gasteiger partial charge in [-0.15, -0.1) is 11.6 Å². The van der Waals surface area contributed by atoms with Crippen LogP contribution in [0.4, 0.5) is 0 Å². The fourth-order valence-electron chi connectivity index (χ4n) is 1.86.